The number of aliphatic hydroxyl groups is 1. The maximum Gasteiger partial charge on any atom is 0.316 e. The molecule has 0 amide bonds. The number of hydrogen-bond donors (Lipinski definition) is 1. The Labute approximate surface area is 169 Å². The lowest BCUT2D eigenvalue weighted by molar-refractivity contribution is 0.152. The number of benzene rings is 1. The third kappa shape index (κ3) is 5.41. The zero-order valence-electron chi connectivity index (χ0n) is 15.8. The molecule has 0 radical (unpaired) electrons. The van der Waals surface area contributed by atoms with Crippen LogP contribution in [-0.4, -0.2) is 39.9 Å². The molecule has 0 aliphatic rings. The molecule has 0 bridgehead atoms. The summed E-state index contributed by atoms with van der Waals surface area (Å²) in [6, 6.07) is 9.91. The van der Waals surface area contributed by atoms with Crippen molar-refractivity contribution in [2.75, 3.05) is 13.7 Å². The molecule has 1 N–H and O–H groups in total. The average molecular weight is 400 g/mol. The lowest BCUT2D eigenvalue weighted by atomic mass is 10.0. The smallest absolute Gasteiger partial charge is 0.316 e. The number of pyridine rings is 1. The highest BCUT2D eigenvalue weighted by atomic mass is 35.5. The number of halogens is 1. The van der Waals surface area contributed by atoms with Gasteiger partial charge < -0.3 is 14.6 Å². The first-order chi connectivity index (χ1) is 13.5. The summed E-state index contributed by atoms with van der Waals surface area (Å²) in [6.07, 6.45) is 5.99. The summed E-state index contributed by atoms with van der Waals surface area (Å²) in [5, 5.41) is 9.91. The topological polar surface area (TPSA) is 77.4 Å². The summed E-state index contributed by atoms with van der Waals surface area (Å²) in [7, 11) is 1.60. The monoisotopic (exact) mass is 399 g/mol. The van der Waals surface area contributed by atoms with E-state index in [4.69, 9.17) is 21.1 Å². The zero-order chi connectivity index (χ0) is 19.9. The summed E-state index contributed by atoms with van der Waals surface area (Å²) in [5.41, 5.74) is 3.76. The molecule has 1 atom stereocenters. The Kier molecular flexibility index (Phi) is 6.79. The summed E-state index contributed by atoms with van der Waals surface area (Å²) in [6.45, 7) is 2.09. The van der Waals surface area contributed by atoms with E-state index in [1.54, 1.807) is 32.6 Å². The summed E-state index contributed by atoms with van der Waals surface area (Å²) in [5.74, 6) is 0.545. The third-order valence-electron chi connectivity index (χ3n) is 4.09. The summed E-state index contributed by atoms with van der Waals surface area (Å²) < 4.78 is 10.8. The predicted molar refractivity (Wildman–Crippen MR) is 108 cm³/mol. The Balaban J connectivity index is 1.75. The Bertz CT molecular complexity index is 917. The van der Waals surface area contributed by atoms with Gasteiger partial charge in [0.25, 0.3) is 0 Å². The SMILES string of the molecule is COc1ncc(Cc2cnc(OCCC(C)O)nc2)cc1-c1cccc(Cl)c1. The second-order valence-corrected chi connectivity index (χ2v) is 6.88. The van der Waals surface area contributed by atoms with E-state index in [1.165, 1.54) is 0 Å². The van der Waals surface area contributed by atoms with Crippen LogP contribution in [0.5, 0.6) is 11.9 Å². The summed E-state index contributed by atoms with van der Waals surface area (Å²) >= 11 is 6.12. The molecule has 0 saturated heterocycles. The van der Waals surface area contributed by atoms with Crippen LogP contribution in [0.2, 0.25) is 5.02 Å². The highest BCUT2D eigenvalue weighted by molar-refractivity contribution is 6.30. The van der Waals surface area contributed by atoms with Gasteiger partial charge in [0.1, 0.15) is 0 Å². The highest BCUT2D eigenvalue weighted by Crippen LogP contribution is 2.31. The molecule has 28 heavy (non-hydrogen) atoms. The van der Waals surface area contributed by atoms with Crippen molar-refractivity contribution < 1.29 is 14.6 Å². The normalized spacial score (nSPS) is 11.9. The van der Waals surface area contributed by atoms with Gasteiger partial charge >= 0.3 is 6.01 Å². The molecule has 0 saturated carbocycles. The van der Waals surface area contributed by atoms with Gasteiger partial charge in [-0.2, -0.15) is 0 Å². The molecule has 0 aliphatic heterocycles. The van der Waals surface area contributed by atoms with E-state index >= 15 is 0 Å². The average Bonchev–Trinajstić information content (AvgIpc) is 2.69. The van der Waals surface area contributed by atoms with Crippen LogP contribution in [-0.2, 0) is 6.42 Å². The molecule has 6 nitrogen and oxygen atoms in total. The Morgan fingerprint density at radius 1 is 1.07 bits per heavy atom. The van der Waals surface area contributed by atoms with Crippen LogP contribution < -0.4 is 9.47 Å². The standard InChI is InChI=1S/C21H22ClN3O3/c1-14(26)6-7-28-21-24-12-16(13-25-21)8-15-9-19(20(27-2)23-11-15)17-4-3-5-18(22)10-17/h3-5,9-14,26H,6-8H2,1-2H3. The number of ether oxygens (including phenoxy) is 2. The van der Waals surface area contributed by atoms with Crippen molar-refractivity contribution in [3.05, 3.63) is 65.1 Å². The van der Waals surface area contributed by atoms with E-state index in [0.717, 1.165) is 22.3 Å². The minimum Gasteiger partial charge on any atom is -0.481 e. The van der Waals surface area contributed by atoms with Crippen molar-refractivity contribution in [1.29, 1.82) is 0 Å². The minimum atomic E-state index is -0.407. The molecule has 0 spiro atoms. The van der Waals surface area contributed by atoms with Crippen LogP contribution in [0.15, 0.2) is 48.9 Å². The fraction of sp³-hybridized carbons (Fsp3) is 0.286. The molecular weight excluding hydrogens is 378 g/mol. The van der Waals surface area contributed by atoms with Gasteiger partial charge in [0.05, 0.1) is 19.8 Å². The Morgan fingerprint density at radius 2 is 1.82 bits per heavy atom. The molecule has 3 rings (SSSR count). The first kappa shape index (κ1) is 20.0. The predicted octanol–water partition coefficient (Wildman–Crippen LogP) is 3.94. The van der Waals surface area contributed by atoms with Gasteiger partial charge in [0.15, 0.2) is 0 Å². The van der Waals surface area contributed by atoms with Crippen molar-refractivity contribution in [3.8, 4) is 23.0 Å². The Hall–Kier alpha value is -2.70. The highest BCUT2D eigenvalue weighted by Gasteiger charge is 2.10. The fourth-order valence-electron chi connectivity index (χ4n) is 2.68. The lowest BCUT2D eigenvalue weighted by Gasteiger charge is -2.11. The second kappa shape index (κ2) is 9.48. The maximum absolute atomic E-state index is 9.25. The molecular formula is C21H22ClN3O3. The van der Waals surface area contributed by atoms with E-state index in [9.17, 15) is 5.11 Å². The van der Waals surface area contributed by atoms with Gasteiger partial charge in [-0.05, 0) is 41.8 Å². The minimum absolute atomic E-state index is 0.303. The quantitative estimate of drug-likeness (QED) is 0.618. The molecule has 3 aromatic rings. The van der Waals surface area contributed by atoms with Gasteiger partial charge in [-0.1, -0.05) is 23.7 Å². The first-order valence-corrected chi connectivity index (χ1v) is 9.33. The first-order valence-electron chi connectivity index (χ1n) is 8.96. The molecule has 146 valence electrons. The van der Waals surface area contributed by atoms with Crippen LogP contribution in [0.4, 0.5) is 0 Å². The van der Waals surface area contributed by atoms with Gasteiger partial charge in [0, 0.05) is 42.0 Å². The van der Waals surface area contributed by atoms with Crippen molar-refractivity contribution in [3.63, 3.8) is 0 Å². The van der Waals surface area contributed by atoms with E-state index in [1.807, 2.05) is 30.3 Å². The number of aromatic nitrogens is 3. The second-order valence-electron chi connectivity index (χ2n) is 6.45. The van der Waals surface area contributed by atoms with E-state index < -0.39 is 6.10 Å². The Morgan fingerprint density at radius 3 is 2.50 bits per heavy atom. The van der Waals surface area contributed by atoms with Crippen LogP contribution in [0.3, 0.4) is 0 Å². The fourth-order valence-corrected chi connectivity index (χ4v) is 2.87. The maximum atomic E-state index is 9.25. The number of aliphatic hydroxyl groups excluding tert-OH is 1. The summed E-state index contributed by atoms with van der Waals surface area (Å²) in [4.78, 5) is 12.9. The lowest BCUT2D eigenvalue weighted by Crippen LogP contribution is -2.09. The van der Waals surface area contributed by atoms with Gasteiger partial charge in [-0.15, -0.1) is 0 Å². The van der Waals surface area contributed by atoms with Crippen LogP contribution in [0.25, 0.3) is 11.1 Å². The number of rotatable bonds is 8. The van der Waals surface area contributed by atoms with E-state index in [0.29, 0.717) is 36.4 Å². The molecule has 2 heterocycles. The molecule has 1 unspecified atom stereocenters. The number of hydrogen-bond acceptors (Lipinski definition) is 6. The molecule has 0 fully saturated rings. The molecule has 0 aliphatic carbocycles. The molecule has 2 aromatic heterocycles. The largest absolute Gasteiger partial charge is 0.481 e. The van der Waals surface area contributed by atoms with E-state index in [-0.39, 0.29) is 0 Å². The zero-order valence-corrected chi connectivity index (χ0v) is 16.6. The molecule has 7 heteroatoms. The number of methoxy groups -OCH3 is 1. The molecule has 1 aromatic carbocycles. The van der Waals surface area contributed by atoms with Crippen molar-refractivity contribution in [2.45, 2.75) is 25.9 Å². The van der Waals surface area contributed by atoms with Gasteiger partial charge in [0.2, 0.25) is 5.88 Å². The van der Waals surface area contributed by atoms with Crippen LogP contribution >= 0.6 is 11.6 Å². The van der Waals surface area contributed by atoms with Crippen molar-refractivity contribution in [2.24, 2.45) is 0 Å². The van der Waals surface area contributed by atoms with Crippen LogP contribution in [0.1, 0.15) is 24.5 Å². The van der Waals surface area contributed by atoms with Crippen molar-refractivity contribution >= 4 is 11.6 Å². The van der Waals surface area contributed by atoms with E-state index in [2.05, 4.69) is 15.0 Å². The van der Waals surface area contributed by atoms with Gasteiger partial charge in [-0.3, -0.25) is 0 Å². The number of nitrogens with zero attached hydrogens (tertiary/aromatic N) is 3. The van der Waals surface area contributed by atoms with Crippen LogP contribution in [0, 0.1) is 0 Å². The third-order valence-corrected chi connectivity index (χ3v) is 4.33. The van der Waals surface area contributed by atoms with Crippen molar-refractivity contribution in [1.82, 2.24) is 15.0 Å². The van der Waals surface area contributed by atoms with Gasteiger partial charge in [-0.25, -0.2) is 15.0 Å².